The minimum atomic E-state index is 0.147. The van der Waals surface area contributed by atoms with Crippen molar-refractivity contribution in [2.24, 2.45) is 5.84 Å². The van der Waals surface area contributed by atoms with E-state index in [-0.39, 0.29) is 5.95 Å². The molecule has 2 aromatic rings. The zero-order chi connectivity index (χ0) is 10.8. The first-order chi connectivity index (χ1) is 7.19. The molecule has 0 radical (unpaired) electrons. The number of nitrogens with two attached hydrogens (primary N) is 2. The summed E-state index contributed by atoms with van der Waals surface area (Å²) >= 11 is 0. The molecule has 0 saturated heterocycles. The molecule has 0 amide bonds. The highest BCUT2D eigenvalue weighted by Crippen LogP contribution is 2.11. The highest BCUT2D eigenvalue weighted by atomic mass is 15.3. The minimum absolute atomic E-state index is 0.147. The molecule has 7 nitrogen and oxygen atoms in total. The van der Waals surface area contributed by atoms with Crippen LogP contribution in [0.15, 0.2) is 18.5 Å². The average molecular weight is 205 g/mol. The Morgan fingerprint density at radius 2 is 2.20 bits per heavy atom. The average Bonchev–Trinajstić information content (AvgIpc) is 2.64. The van der Waals surface area contributed by atoms with Gasteiger partial charge in [-0.1, -0.05) is 0 Å². The molecule has 7 heteroatoms. The van der Waals surface area contributed by atoms with E-state index in [9.17, 15) is 0 Å². The van der Waals surface area contributed by atoms with Crippen LogP contribution in [0, 0.1) is 6.92 Å². The zero-order valence-electron chi connectivity index (χ0n) is 8.18. The van der Waals surface area contributed by atoms with Crippen LogP contribution in [0.1, 0.15) is 5.56 Å². The number of nitrogens with zero attached hydrogens (tertiary/aromatic N) is 4. The summed E-state index contributed by atoms with van der Waals surface area (Å²) in [7, 11) is 0. The fraction of sp³-hybridized carbons (Fsp3) is 0.125. The van der Waals surface area contributed by atoms with Gasteiger partial charge in [-0.25, -0.2) is 10.5 Å². The molecule has 0 saturated carbocycles. The van der Waals surface area contributed by atoms with Crippen LogP contribution in [0.2, 0.25) is 0 Å². The van der Waals surface area contributed by atoms with E-state index in [4.69, 9.17) is 11.6 Å². The van der Waals surface area contributed by atoms with E-state index in [0.717, 1.165) is 5.56 Å². The Kier molecular flexibility index (Phi) is 2.22. The molecule has 15 heavy (non-hydrogen) atoms. The first-order valence-electron chi connectivity index (χ1n) is 4.32. The largest absolute Gasteiger partial charge is 0.368 e. The van der Waals surface area contributed by atoms with E-state index in [0.29, 0.717) is 11.6 Å². The summed E-state index contributed by atoms with van der Waals surface area (Å²) in [6.07, 6.45) is 3.57. The molecular weight excluding hydrogens is 194 g/mol. The lowest BCUT2D eigenvalue weighted by Crippen LogP contribution is -2.12. The number of aromatic nitrogens is 4. The van der Waals surface area contributed by atoms with Crippen LogP contribution in [0.25, 0.3) is 5.82 Å². The maximum Gasteiger partial charge on any atom is 0.224 e. The van der Waals surface area contributed by atoms with E-state index in [1.165, 1.54) is 0 Å². The fourth-order valence-electron chi connectivity index (χ4n) is 1.18. The van der Waals surface area contributed by atoms with Crippen LogP contribution >= 0.6 is 0 Å². The SMILES string of the molecule is Cc1cnn(-c2cc(NN)nc(N)n2)c1. The summed E-state index contributed by atoms with van der Waals surface area (Å²) in [6, 6.07) is 1.66. The molecule has 0 aliphatic carbocycles. The van der Waals surface area contributed by atoms with Gasteiger partial charge in [-0.05, 0) is 12.5 Å². The molecule has 0 atom stereocenters. The molecule has 2 rings (SSSR count). The van der Waals surface area contributed by atoms with Crippen molar-refractivity contribution in [1.29, 1.82) is 0 Å². The monoisotopic (exact) mass is 205 g/mol. The maximum absolute atomic E-state index is 5.52. The standard InChI is InChI=1S/C8H11N7/c1-5-3-11-15(4-5)7-2-6(14-10)12-8(9)13-7/h2-4H,10H2,1H3,(H3,9,12,13,14). The van der Waals surface area contributed by atoms with Crippen molar-refractivity contribution in [1.82, 2.24) is 19.7 Å². The van der Waals surface area contributed by atoms with Crippen molar-refractivity contribution in [3.8, 4) is 5.82 Å². The first-order valence-corrected chi connectivity index (χ1v) is 4.32. The molecule has 0 unspecified atom stereocenters. The number of hydrogen-bond acceptors (Lipinski definition) is 6. The van der Waals surface area contributed by atoms with Crippen LogP contribution in [-0.4, -0.2) is 19.7 Å². The van der Waals surface area contributed by atoms with E-state index in [1.54, 1.807) is 16.9 Å². The Labute approximate surface area is 86.1 Å². The smallest absolute Gasteiger partial charge is 0.224 e. The van der Waals surface area contributed by atoms with Crippen LogP contribution in [-0.2, 0) is 0 Å². The summed E-state index contributed by atoms with van der Waals surface area (Å²) in [5.41, 5.74) is 8.97. The lowest BCUT2D eigenvalue weighted by atomic mass is 10.4. The number of hydrogen-bond donors (Lipinski definition) is 3. The molecule has 78 valence electrons. The second kappa shape index (κ2) is 3.54. The van der Waals surface area contributed by atoms with Crippen molar-refractivity contribution >= 4 is 11.8 Å². The Balaban J connectivity index is 2.48. The Morgan fingerprint density at radius 1 is 1.40 bits per heavy atom. The molecule has 0 aliphatic heterocycles. The molecule has 2 aromatic heterocycles. The lowest BCUT2D eigenvalue weighted by molar-refractivity contribution is 0.842. The van der Waals surface area contributed by atoms with Gasteiger partial charge in [0.25, 0.3) is 0 Å². The third-order valence-corrected chi connectivity index (χ3v) is 1.82. The lowest BCUT2D eigenvalue weighted by Gasteiger charge is -2.04. The van der Waals surface area contributed by atoms with E-state index in [1.807, 2.05) is 13.1 Å². The summed E-state index contributed by atoms with van der Waals surface area (Å²) in [6.45, 7) is 1.94. The van der Waals surface area contributed by atoms with Gasteiger partial charge in [0, 0.05) is 12.3 Å². The summed E-state index contributed by atoms with van der Waals surface area (Å²) in [5.74, 6) is 6.41. The normalized spacial score (nSPS) is 10.3. The first kappa shape index (κ1) is 9.41. The second-order valence-electron chi connectivity index (χ2n) is 3.08. The van der Waals surface area contributed by atoms with Gasteiger partial charge < -0.3 is 11.2 Å². The van der Waals surface area contributed by atoms with Gasteiger partial charge in [0.05, 0.1) is 6.20 Å². The maximum atomic E-state index is 5.52. The van der Waals surface area contributed by atoms with Gasteiger partial charge in [-0.2, -0.15) is 15.1 Å². The number of rotatable bonds is 2. The van der Waals surface area contributed by atoms with E-state index < -0.39 is 0 Å². The minimum Gasteiger partial charge on any atom is -0.368 e. The number of aryl methyl sites for hydroxylation is 1. The highest BCUT2D eigenvalue weighted by molar-refractivity contribution is 5.44. The van der Waals surface area contributed by atoms with E-state index >= 15 is 0 Å². The molecule has 0 aliphatic rings. The number of anilines is 2. The van der Waals surface area contributed by atoms with Gasteiger partial charge in [-0.15, -0.1) is 0 Å². The quantitative estimate of drug-likeness (QED) is 0.464. The van der Waals surface area contributed by atoms with Gasteiger partial charge in [0.2, 0.25) is 5.95 Å². The molecule has 2 heterocycles. The molecule has 0 aromatic carbocycles. The van der Waals surface area contributed by atoms with Crippen molar-refractivity contribution < 1.29 is 0 Å². The summed E-state index contributed by atoms with van der Waals surface area (Å²) in [4.78, 5) is 7.91. The van der Waals surface area contributed by atoms with Crippen LogP contribution < -0.4 is 17.0 Å². The fourth-order valence-corrected chi connectivity index (χ4v) is 1.18. The zero-order valence-corrected chi connectivity index (χ0v) is 8.18. The van der Waals surface area contributed by atoms with Gasteiger partial charge in [0.1, 0.15) is 5.82 Å². The van der Waals surface area contributed by atoms with Crippen molar-refractivity contribution in [3.05, 3.63) is 24.0 Å². The van der Waals surface area contributed by atoms with Crippen LogP contribution in [0.5, 0.6) is 0 Å². The third kappa shape index (κ3) is 1.86. The summed E-state index contributed by atoms with van der Waals surface area (Å²) < 4.78 is 1.61. The van der Waals surface area contributed by atoms with Gasteiger partial charge >= 0.3 is 0 Å². The number of nitrogen functional groups attached to an aromatic ring is 2. The topological polar surface area (TPSA) is 108 Å². The molecule has 0 bridgehead atoms. The Morgan fingerprint density at radius 3 is 2.80 bits per heavy atom. The molecule has 5 N–H and O–H groups in total. The molecule has 0 fully saturated rings. The summed E-state index contributed by atoms with van der Waals surface area (Å²) in [5, 5.41) is 4.10. The number of hydrazine groups is 1. The number of nitrogens with one attached hydrogen (secondary N) is 1. The predicted octanol–water partition coefficient (Wildman–Crippen LogP) is -0.161. The third-order valence-electron chi connectivity index (χ3n) is 1.82. The van der Waals surface area contributed by atoms with Gasteiger partial charge in [0.15, 0.2) is 5.82 Å². The van der Waals surface area contributed by atoms with Crippen LogP contribution in [0.4, 0.5) is 11.8 Å². The highest BCUT2D eigenvalue weighted by Gasteiger charge is 2.04. The molecule has 0 spiro atoms. The predicted molar refractivity (Wildman–Crippen MR) is 56.1 cm³/mol. The molecular formula is C8H11N7. The van der Waals surface area contributed by atoms with Crippen molar-refractivity contribution in [3.63, 3.8) is 0 Å². The second-order valence-corrected chi connectivity index (χ2v) is 3.08. The van der Waals surface area contributed by atoms with Crippen LogP contribution in [0.3, 0.4) is 0 Å². The van der Waals surface area contributed by atoms with Gasteiger partial charge in [-0.3, -0.25) is 0 Å². The van der Waals surface area contributed by atoms with Crippen molar-refractivity contribution in [2.45, 2.75) is 6.92 Å². The van der Waals surface area contributed by atoms with Crippen molar-refractivity contribution in [2.75, 3.05) is 11.2 Å². The Hall–Kier alpha value is -2.15. The van der Waals surface area contributed by atoms with E-state index in [2.05, 4.69) is 20.5 Å². The Bertz CT molecular complexity index is 476.